The van der Waals surface area contributed by atoms with Crippen molar-refractivity contribution < 1.29 is 14.3 Å². The van der Waals surface area contributed by atoms with Gasteiger partial charge in [-0.2, -0.15) is 0 Å². The molecule has 1 aliphatic carbocycles. The van der Waals surface area contributed by atoms with Crippen LogP contribution in [0, 0.1) is 13.8 Å². The molecule has 0 bridgehead atoms. The molecule has 33 heavy (non-hydrogen) atoms. The Kier molecular flexibility index (Phi) is 9.35. The van der Waals surface area contributed by atoms with Gasteiger partial charge in [0.25, 0.3) is 5.91 Å². The SMILES string of the molecule is CC[C@@H](C(=O)NC1CCCCC1)N(CCc1ccccc1)C(=O)COc1ccc(C)c(C)c1. The molecule has 1 fully saturated rings. The first-order valence-corrected chi connectivity index (χ1v) is 12.3. The number of hydrogen-bond donors (Lipinski definition) is 1. The van der Waals surface area contributed by atoms with Gasteiger partial charge in [-0.3, -0.25) is 9.59 Å². The molecule has 2 aromatic rings. The maximum atomic E-state index is 13.3. The maximum absolute atomic E-state index is 13.3. The highest BCUT2D eigenvalue weighted by Gasteiger charge is 2.30. The Hall–Kier alpha value is -2.82. The van der Waals surface area contributed by atoms with Crippen molar-refractivity contribution in [3.63, 3.8) is 0 Å². The molecule has 2 aromatic carbocycles. The zero-order chi connectivity index (χ0) is 23.6. The summed E-state index contributed by atoms with van der Waals surface area (Å²) in [7, 11) is 0. The van der Waals surface area contributed by atoms with E-state index in [0.717, 1.165) is 36.8 Å². The fourth-order valence-corrected chi connectivity index (χ4v) is 4.47. The summed E-state index contributed by atoms with van der Waals surface area (Å²) in [5.41, 5.74) is 3.45. The lowest BCUT2D eigenvalue weighted by Gasteiger charge is -2.32. The molecule has 0 unspecified atom stereocenters. The van der Waals surface area contributed by atoms with Crippen molar-refractivity contribution in [2.24, 2.45) is 0 Å². The largest absolute Gasteiger partial charge is 0.484 e. The van der Waals surface area contributed by atoms with Crippen molar-refractivity contribution in [2.75, 3.05) is 13.2 Å². The summed E-state index contributed by atoms with van der Waals surface area (Å²) in [4.78, 5) is 28.2. The van der Waals surface area contributed by atoms with Crippen LogP contribution in [-0.4, -0.2) is 41.9 Å². The normalized spacial score (nSPS) is 15.0. The Morgan fingerprint density at radius 3 is 2.42 bits per heavy atom. The Bertz CT molecular complexity index is 907. The molecule has 2 amide bonds. The summed E-state index contributed by atoms with van der Waals surface area (Å²) in [5, 5.41) is 3.22. The molecule has 1 atom stereocenters. The number of carbonyl (C=O) groups is 2. The second-order valence-electron chi connectivity index (χ2n) is 9.13. The van der Waals surface area contributed by atoms with Gasteiger partial charge in [-0.1, -0.05) is 62.6 Å². The molecule has 0 heterocycles. The Balaban J connectivity index is 1.70. The van der Waals surface area contributed by atoms with E-state index >= 15 is 0 Å². The van der Waals surface area contributed by atoms with Crippen molar-refractivity contribution >= 4 is 11.8 Å². The zero-order valence-corrected chi connectivity index (χ0v) is 20.3. The first kappa shape index (κ1) is 24.8. The van der Waals surface area contributed by atoms with Crippen molar-refractivity contribution in [3.05, 3.63) is 65.2 Å². The van der Waals surface area contributed by atoms with Crippen LogP contribution in [0.3, 0.4) is 0 Å². The number of nitrogens with zero attached hydrogens (tertiary/aromatic N) is 1. The average Bonchev–Trinajstić information content (AvgIpc) is 2.83. The lowest BCUT2D eigenvalue weighted by molar-refractivity contribution is -0.142. The molecule has 0 spiro atoms. The molecule has 0 aromatic heterocycles. The summed E-state index contributed by atoms with van der Waals surface area (Å²) in [6.45, 7) is 6.45. The Morgan fingerprint density at radius 2 is 1.76 bits per heavy atom. The monoisotopic (exact) mass is 450 g/mol. The van der Waals surface area contributed by atoms with Crippen LogP contribution in [0.15, 0.2) is 48.5 Å². The lowest BCUT2D eigenvalue weighted by atomic mass is 9.95. The molecular weight excluding hydrogens is 412 g/mol. The van der Waals surface area contributed by atoms with E-state index in [1.165, 1.54) is 12.0 Å². The number of hydrogen-bond acceptors (Lipinski definition) is 3. The second kappa shape index (κ2) is 12.4. The predicted octanol–water partition coefficient (Wildman–Crippen LogP) is 4.98. The fourth-order valence-electron chi connectivity index (χ4n) is 4.47. The lowest BCUT2D eigenvalue weighted by Crippen LogP contribution is -2.53. The van der Waals surface area contributed by atoms with Gasteiger partial charge in [-0.25, -0.2) is 0 Å². The van der Waals surface area contributed by atoms with Crippen LogP contribution >= 0.6 is 0 Å². The Labute approximate surface area is 198 Å². The minimum Gasteiger partial charge on any atom is -0.484 e. The first-order valence-electron chi connectivity index (χ1n) is 12.3. The predicted molar refractivity (Wildman–Crippen MR) is 132 cm³/mol. The van der Waals surface area contributed by atoms with E-state index in [2.05, 4.69) is 17.4 Å². The van der Waals surface area contributed by atoms with Crippen LogP contribution in [0.25, 0.3) is 0 Å². The summed E-state index contributed by atoms with van der Waals surface area (Å²) in [6, 6.07) is 15.6. The van der Waals surface area contributed by atoms with Crippen LogP contribution in [-0.2, 0) is 16.0 Å². The number of benzene rings is 2. The quantitative estimate of drug-likeness (QED) is 0.555. The fraction of sp³-hybridized carbons (Fsp3) is 0.500. The summed E-state index contributed by atoms with van der Waals surface area (Å²) in [6.07, 6.45) is 6.86. The molecule has 1 aliphatic rings. The van der Waals surface area contributed by atoms with E-state index in [4.69, 9.17) is 4.74 Å². The van der Waals surface area contributed by atoms with Gasteiger partial charge in [0.2, 0.25) is 5.91 Å². The minimum atomic E-state index is -0.494. The van der Waals surface area contributed by atoms with Crippen LogP contribution in [0.5, 0.6) is 5.75 Å². The van der Waals surface area contributed by atoms with Gasteiger partial charge >= 0.3 is 0 Å². The van der Waals surface area contributed by atoms with E-state index in [1.807, 2.05) is 57.2 Å². The number of nitrogens with one attached hydrogen (secondary N) is 1. The smallest absolute Gasteiger partial charge is 0.261 e. The molecule has 5 heteroatoms. The molecule has 178 valence electrons. The molecular formula is C28H38N2O3. The first-order chi connectivity index (χ1) is 16.0. The summed E-state index contributed by atoms with van der Waals surface area (Å²) >= 11 is 0. The van der Waals surface area contributed by atoms with Crippen molar-refractivity contribution in [2.45, 2.75) is 77.8 Å². The zero-order valence-electron chi connectivity index (χ0n) is 20.3. The van der Waals surface area contributed by atoms with Crippen LogP contribution < -0.4 is 10.1 Å². The molecule has 1 saturated carbocycles. The standard InChI is InChI=1S/C28H38N2O3/c1-4-26(28(32)29-24-13-9-6-10-14-24)30(18-17-23-11-7-5-8-12-23)27(31)20-33-25-16-15-21(2)22(3)19-25/h5,7-8,11-12,15-16,19,24,26H,4,6,9-10,13-14,17-18,20H2,1-3H3,(H,29,32)/t26-/m0/s1. The van der Waals surface area contributed by atoms with Crippen LogP contribution in [0.4, 0.5) is 0 Å². The van der Waals surface area contributed by atoms with E-state index in [-0.39, 0.29) is 24.5 Å². The number of amides is 2. The van der Waals surface area contributed by atoms with Gasteiger partial charge in [0.1, 0.15) is 11.8 Å². The second-order valence-corrected chi connectivity index (χ2v) is 9.13. The summed E-state index contributed by atoms with van der Waals surface area (Å²) in [5.74, 6) is 0.473. The highest BCUT2D eigenvalue weighted by Crippen LogP contribution is 2.19. The highest BCUT2D eigenvalue weighted by molar-refractivity contribution is 5.88. The highest BCUT2D eigenvalue weighted by atomic mass is 16.5. The third-order valence-corrected chi connectivity index (χ3v) is 6.66. The van der Waals surface area contributed by atoms with Crippen molar-refractivity contribution in [1.29, 1.82) is 0 Å². The van der Waals surface area contributed by atoms with E-state index < -0.39 is 6.04 Å². The molecule has 5 nitrogen and oxygen atoms in total. The van der Waals surface area contributed by atoms with Gasteiger partial charge in [-0.15, -0.1) is 0 Å². The molecule has 0 aliphatic heterocycles. The van der Waals surface area contributed by atoms with Gasteiger partial charge in [0.15, 0.2) is 6.61 Å². The Morgan fingerprint density at radius 1 is 1.03 bits per heavy atom. The maximum Gasteiger partial charge on any atom is 0.261 e. The summed E-state index contributed by atoms with van der Waals surface area (Å²) < 4.78 is 5.84. The van der Waals surface area contributed by atoms with E-state index in [0.29, 0.717) is 25.1 Å². The number of aryl methyl sites for hydroxylation is 2. The molecule has 3 rings (SSSR count). The molecule has 1 N–H and O–H groups in total. The average molecular weight is 451 g/mol. The van der Waals surface area contributed by atoms with Gasteiger partial charge in [0, 0.05) is 12.6 Å². The minimum absolute atomic E-state index is 0.0445. The van der Waals surface area contributed by atoms with Gasteiger partial charge in [-0.05, 0) is 68.4 Å². The van der Waals surface area contributed by atoms with Crippen LogP contribution in [0.1, 0.15) is 62.1 Å². The van der Waals surface area contributed by atoms with Crippen molar-refractivity contribution in [3.8, 4) is 5.75 Å². The topological polar surface area (TPSA) is 58.6 Å². The van der Waals surface area contributed by atoms with Crippen molar-refractivity contribution in [1.82, 2.24) is 10.2 Å². The third-order valence-electron chi connectivity index (χ3n) is 6.66. The number of carbonyl (C=O) groups excluding carboxylic acids is 2. The number of ether oxygens (including phenoxy) is 1. The van der Waals surface area contributed by atoms with Gasteiger partial charge < -0.3 is 15.0 Å². The number of rotatable bonds is 10. The van der Waals surface area contributed by atoms with Crippen LogP contribution in [0.2, 0.25) is 0 Å². The van der Waals surface area contributed by atoms with Gasteiger partial charge in [0.05, 0.1) is 0 Å². The molecule has 0 saturated heterocycles. The molecule has 0 radical (unpaired) electrons. The third kappa shape index (κ3) is 7.34. The van der Waals surface area contributed by atoms with E-state index in [1.54, 1.807) is 4.90 Å². The van der Waals surface area contributed by atoms with E-state index in [9.17, 15) is 9.59 Å².